The van der Waals surface area contributed by atoms with Crippen molar-refractivity contribution in [3.8, 4) is 0 Å². The van der Waals surface area contributed by atoms with Crippen LogP contribution >= 0.6 is 0 Å². The van der Waals surface area contributed by atoms with Crippen LogP contribution in [0.5, 0.6) is 0 Å². The Balaban J connectivity index is 2.92. The molecule has 1 aromatic carbocycles. The molecule has 0 aliphatic carbocycles. The van der Waals surface area contributed by atoms with Gasteiger partial charge in [-0.25, -0.2) is 18.0 Å². The monoisotopic (exact) mass is 385 g/mol. The number of sulfonamides is 1. The first-order valence-electron chi connectivity index (χ1n) is 8.80. The normalized spacial score (nSPS) is 11.4. The molecule has 0 amide bonds. The third kappa shape index (κ3) is 6.76. The summed E-state index contributed by atoms with van der Waals surface area (Å²) < 4.78 is 36.6. The molecule has 0 aromatic heterocycles. The Morgan fingerprint density at radius 1 is 0.962 bits per heavy atom. The molecule has 1 aromatic rings. The minimum Gasteiger partial charge on any atom is -0.464 e. The smallest absolute Gasteiger partial charge is 0.335 e. The molecule has 0 heterocycles. The fraction of sp³-hybridized carbons (Fsp3) is 0.556. The van der Waals surface area contributed by atoms with E-state index in [2.05, 4.69) is 11.6 Å². The van der Waals surface area contributed by atoms with E-state index >= 15 is 0 Å². The number of carbonyl (C=O) groups excluding carboxylic acids is 2. The molecule has 7 nitrogen and oxygen atoms in total. The zero-order valence-electron chi connectivity index (χ0n) is 15.5. The molecule has 0 aliphatic heterocycles. The van der Waals surface area contributed by atoms with Crippen molar-refractivity contribution < 1.29 is 27.5 Å². The van der Waals surface area contributed by atoms with Gasteiger partial charge in [-0.1, -0.05) is 31.9 Å². The molecule has 0 saturated carbocycles. The van der Waals surface area contributed by atoms with E-state index < -0.39 is 28.0 Å². The van der Waals surface area contributed by atoms with E-state index in [9.17, 15) is 18.0 Å². The predicted octanol–water partition coefficient (Wildman–Crippen LogP) is 2.19. The first-order chi connectivity index (χ1) is 12.4. The van der Waals surface area contributed by atoms with Crippen LogP contribution < -0.4 is 4.72 Å². The highest BCUT2D eigenvalue weighted by atomic mass is 32.2. The van der Waals surface area contributed by atoms with Crippen LogP contribution in [0.4, 0.5) is 0 Å². The van der Waals surface area contributed by atoms with E-state index in [4.69, 9.17) is 9.47 Å². The van der Waals surface area contributed by atoms with Crippen molar-refractivity contribution in [2.24, 2.45) is 0 Å². The van der Waals surface area contributed by atoms with Crippen LogP contribution in [0.25, 0.3) is 0 Å². The standard InChI is InChI=1S/C18H27NO6S/c1-4-7-8-9-14-10-12-15(13-11-14)26(22,23)19-16(17(20)24-5-2)18(21)25-6-3/h10-13,16,19H,4-9H2,1-3H3. The molecule has 0 saturated heterocycles. The fourth-order valence-electron chi connectivity index (χ4n) is 2.28. The van der Waals surface area contributed by atoms with Gasteiger partial charge in [-0.05, 0) is 44.4 Å². The number of hydrogen-bond acceptors (Lipinski definition) is 6. The second kappa shape index (κ2) is 10.9. The second-order valence-electron chi connectivity index (χ2n) is 5.66. The Morgan fingerprint density at radius 2 is 1.50 bits per heavy atom. The van der Waals surface area contributed by atoms with E-state index in [1.54, 1.807) is 26.0 Å². The summed E-state index contributed by atoms with van der Waals surface area (Å²) in [6.45, 7) is 5.27. The largest absolute Gasteiger partial charge is 0.464 e. The Morgan fingerprint density at radius 3 is 1.96 bits per heavy atom. The van der Waals surface area contributed by atoms with Gasteiger partial charge in [0.25, 0.3) is 0 Å². The number of carbonyl (C=O) groups is 2. The Bertz CT molecular complexity index is 666. The summed E-state index contributed by atoms with van der Waals surface area (Å²) in [6, 6.07) is 4.64. The van der Waals surface area contributed by atoms with Gasteiger partial charge in [-0.3, -0.25) is 0 Å². The molecule has 0 bridgehead atoms. The molecular weight excluding hydrogens is 358 g/mol. The second-order valence-corrected chi connectivity index (χ2v) is 7.37. The van der Waals surface area contributed by atoms with Gasteiger partial charge in [0.2, 0.25) is 16.1 Å². The van der Waals surface area contributed by atoms with Crippen molar-refractivity contribution in [2.75, 3.05) is 13.2 Å². The van der Waals surface area contributed by atoms with Crippen LogP contribution in [0.1, 0.15) is 45.6 Å². The molecule has 8 heteroatoms. The number of aryl methyl sites for hydroxylation is 1. The molecule has 0 radical (unpaired) electrons. The van der Waals surface area contributed by atoms with Gasteiger partial charge < -0.3 is 9.47 Å². The highest BCUT2D eigenvalue weighted by molar-refractivity contribution is 7.89. The van der Waals surface area contributed by atoms with Crippen molar-refractivity contribution >= 4 is 22.0 Å². The lowest BCUT2D eigenvalue weighted by atomic mass is 10.1. The topological polar surface area (TPSA) is 98.8 Å². The molecule has 1 N–H and O–H groups in total. The summed E-state index contributed by atoms with van der Waals surface area (Å²) in [7, 11) is -4.08. The number of benzene rings is 1. The number of ether oxygens (including phenoxy) is 2. The summed E-state index contributed by atoms with van der Waals surface area (Å²) in [5.41, 5.74) is 1.03. The Kier molecular flexibility index (Phi) is 9.29. The molecule has 26 heavy (non-hydrogen) atoms. The third-order valence-electron chi connectivity index (χ3n) is 3.62. The highest BCUT2D eigenvalue weighted by Gasteiger charge is 2.34. The number of nitrogens with one attached hydrogen (secondary N) is 1. The first-order valence-corrected chi connectivity index (χ1v) is 10.3. The summed E-state index contributed by atoms with van der Waals surface area (Å²) in [5, 5.41) is 0. The first kappa shape index (κ1) is 22.1. The van der Waals surface area contributed by atoms with Crippen LogP contribution in [0.3, 0.4) is 0 Å². The number of hydrogen-bond donors (Lipinski definition) is 1. The van der Waals surface area contributed by atoms with E-state index in [-0.39, 0.29) is 18.1 Å². The summed E-state index contributed by atoms with van der Waals surface area (Å²) in [4.78, 5) is 23.8. The Hall–Kier alpha value is -1.93. The van der Waals surface area contributed by atoms with Crippen LogP contribution in [0.15, 0.2) is 29.2 Å². The van der Waals surface area contributed by atoms with Crippen LogP contribution in [0.2, 0.25) is 0 Å². The SMILES string of the molecule is CCCCCc1ccc(S(=O)(=O)NC(C(=O)OCC)C(=O)OCC)cc1. The van der Waals surface area contributed by atoms with Crippen molar-refractivity contribution in [1.29, 1.82) is 0 Å². The predicted molar refractivity (Wildman–Crippen MR) is 97.0 cm³/mol. The Labute approximate surface area is 155 Å². The van der Waals surface area contributed by atoms with Gasteiger partial charge in [0.05, 0.1) is 18.1 Å². The van der Waals surface area contributed by atoms with Crippen LogP contribution in [-0.2, 0) is 35.5 Å². The van der Waals surface area contributed by atoms with Gasteiger partial charge in [0.15, 0.2) is 0 Å². The average molecular weight is 385 g/mol. The van der Waals surface area contributed by atoms with Crippen LogP contribution in [-0.4, -0.2) is 39.6 Å². The molecule has 0 atom stereocenters. The zero-order valence-corrected chi connectivity index (χ0v) is 16.3. The van der Waals surface area contributed by atoms with E-state index in [1.165, 1.54) is 12.1 Å². The molecule has 1 rings (SSSR count). The van der Waals surface area contributed by atoms with Gasteiger partial charge in [-0.2, -0.15) is 4.72 Å². The zero-order chi connectivity index (χ0) is 19.6. The number of esters is 2. The van der Waals surface area contributed by atoms with Crippen molar-refractivity contribution in [3.05, 3.63) is 29.8 Å². The molecule has 0 spiro atoms. The molecule has 0 fully saturated rings. The van der Waals surface area contributed by atoms with Gasteiger partial charge in [-0.15, -0.1) is 0 Å². The summed E-state index contributed by atoms with van der Waals surface area (Å²) in [5.74, 6) is -1.99. The summed E-state index contributed by atoms with van der Waals surface area (Å²) >= 11 is 0. The van der Waals surface area contributed by atoms with E-state index in [0.29, 0.717) is 0 Å². The molecular formula is C18H27NO6S. The molecule has 146 valence electrons. The minimum atomic E-state index is -4.08. The van der Waals surface area contributed by atoms with Crippen molar-refractivity contribution in [3.63, 3.8) is 0 Å². The summed E-state index contributed by atoms with van der Waals surface area (Å²) in [6.07, 6.45) is 4.13. The fourth-order valence-corrected chi connectivity index (χ4v) is 3.41. The third-order valence-corrected chi connectivity index (χ3v) is 5.06. The van der Waals surface area contributed by atoms with Gasteiger partial charge >= 0.3 is 11.9 Å². The lowest BCUT2D eigenvalue weighted by Crippen LogP contribution is -2.48. The van der Waals surface area contributed by atoms with Gasteiger partial charge in [0, 0.05) is 0 Å². The lowest BCUT2D eigenvalue weighted by Gasteiger charge is -2.16. The van der Waals surface area contributed by atoms with E-state index in [0.717, 1.165) is 31.2 Å². The number of unbranched alkanes of at least 4 members (excludes halogenated alkanes) is 2. The maximum absolute atomic E-state index is 12.5. The van der Waals surface area contributed by atoms with E-state index in [1.807, 2.05) is 0 Å². The minimum absolute atomic E-state index is 0.0168. The quantitative estimate of drug-likeness (QED) is 0.356. The van der Waals surface area contributed by atoms with Gasteiger partial charge in [0.1, 0.15) is 0 Å². The van der Waals surface area contributed by atoms with Crippen LogP contribution in [0, 0.1) is 0 Å². The van der Waals surface area contributed by atoms with Crippen molar-refractivity contribution in [2.45, 2.75) is 57.4 Å². The number of rotatable bonds is 11. The average Bonchev–Trinajstić information content (AvgIpc) is 2.61. The van der Waals surface area contributed by atoms with Crippen molar-refractivity contribution in [1.82, 2.24) is 4.72 Å². The maximum atomic E-state index is 12.5. The maximum Gasteiger partial charge on any atom is 0.335 e. The molecule has 0 unspecified atom stereocenters. The highest BCUT2D eigenvalue weighted by Crippen LogP contribution is 2.14. The lowest BCUT2D eigenvalue weighted by molar-refractivity contribution is -0.157. The molecule has 0 aliphatic rings.